The van der Waals surface area contributed by atoms with Crippen LogP contribution >= 0.6 is 11.3 Å². The Morgan fingerprint density at radius 1 is 1.31 bits per heavy atom. The van der Waals surface area contributed by atoms with Crippen LogP contribution in [-0.4, -0.2) is 11.1 Å². The summed E-state index contributed by atoms with van der Waals surface area (Å²) in [5.41, 5.74) is 6.07. The normalized spacial score (nSPS) is 14.4. The first-order valence-electron chi connectivity index (χ1n) is 10.2. The number of allylic oxidation sites excluding steroid dienone is 5. The van der Waals surface area contributed by atoms with Crippen LogP contribution in [0.5, 0.6) is 0 Å². The van der Waals surface area contributed by atoms with Gasteiger partial charge in [-0.1, -0.05) is 36.4 Å². The van der Waals surface area contributed by atoms with Crippen LogP contribution in [0.15, 0.2) is 54.5 Å². The fourth-order valence-electron chi connectivity index (χ4n) is 3.47. The molecule has 3 rings (SSSR count). The number of fused-ring (bicyclic) bond motifs is 1. The third-order valence-electron chi connectivity index (χ3n) is 4.96. The Labute approximate surface area is 178 Å². The summed E-state index contributed by atoms with van der Waals surface area (Å²) in [6.07, 6.45) is 14.9. The number of rotatable bonds is 8. The van der Waals surface area contributed by atoms with Crippen molar-refractivity contribution in [3.8, 4) is 16.5 Å². The quantitative estimate of drug-likeness (QED) is 0.274. The molecule has 0 amide bonds. The molecule has 4 heteroatoms. The third-order valence-corrected chi connectivity index (χ3v) is 6.07. The second kappa shape index (κ2) is 10.2. The Morgan fingerprint density at radius 2 is 2.17 bits per heavy atom. The van der Waals surface area contributed by atoms with Gasteiger partial charge in [-0.25, -0.2) is 4.98 Å². The summed E-state index contributed by atoms with van der Waals surface area (Å²) in [7, 11) is 0. The maximum absolute atomic E-state index is 9.39. The van der Waals surface area contributed by atoms with Crippen molar-refractivity contribution in [1.82, 2.24) is 4.98 Å². The molecule has 0 radical (unpaired) electrons. The lowest BCUT2D eigenvalue weighted by Crippen LogP contribution is -1.96. The molecule has 0 unspecified atom stereocenters. The largest absolute Gasteiger partial charge is 0.498 e. The molecule has 0 aliphatic heterocycles. The number of thiazole rings is 1. The van der Waals surface area contributed by atoms with Gasteiger partial charge in [-0.2, -0.15) is 5.26 Å². The van der Waals surface area contributed by atoms with E-state index in [0.717, 1.165) is 23.4 Å². The number of benzene rings is 1. The van der Waals surface area contributed by atoms with Crippen molar-refractivity contribution in [2.45, 2.75) is 59.0 Å². The Morgan fingerprint density at radius 3 is 2.93 bits per heavy atom. The van der Waals surface area contributed by atoms with Crippen LogP contribution < -0.4 is 0 Å². The van der Waals surface area contributed by atoms with Crippen LogP contribution in [0, 0.1) is 11.3 Å². The first kappa shape index (κ1) is 21.1. The molecule has 1 aromatic carbocycles. The van der Waals surface area contributed by atoms with Crippen molar-refractivity contribution in [2.24, 2.45) is 0 Å². The Hall–Kier alpha value is -2.64. The van der Waals surface area contributed by atoms with Gasteiger partial charge in [-0.3, -0.25) is 0 Å². The molecule has 1 aliphatic carbocycles. The van der Waals surface area contributed by atoms with Crippen LogP contribution in [0.4, 0.5) is 0 Å². The summed E-state index contributed by atoms with van der Waals surface area (Å²) < 4.78 is 5.48. The Bertz CT molecular complexity index is 973. The highest BCUT2D eigenvalue weighted by Gasteiger charge is 2.17. The van der Waals surface area contributed by atoms with E-state index in [-0.39, 0.29) is 6.10 Å². The number of hydrogen-bond acceptors (Lipinski definition) is 4. The molecule has 0 N–H and O–H groups in total. The van der Waals surface area contributed by atoms with E-state index < -0.39 is 0 Å². The zero-order valence-electron chi connectivity index (χ0n) is 17.4. The van der Waals surface area contributed by atoms with Crippen LogP contribution in [0.3, 0.4) is 0 Å². The standard InChI is InChI=1S/C25H28N2OS/c1-4-5-8-21(14-13-19(15-26)17-28-18(2)3)25-27-16-24(29-25)23-12-7-10-20-9-6-11-22(20)23/h4-5,7,10,12,14,16-18H,6,8-9,11,13H2,1-3H3/b5-4-,19-17-,21-14?. The molecule has 0 bridgehead atoms. The predicted molar refractivity (Wildman–Crippen MR) is 122 cm³/mol. The summed E-state index contributed by atoms with van der Waals surface area (Å²) in [5, 5.41) is 10.4. The molecule has 1 heterocycles. The van der Waals surface area contributed by atoms with Gasteiger partial charge in [0.1, 0.15) is 5.01 Å². The number of hydrogen-bond donors (Lipinski definition) is 0. The SMILES string of the molecule is C/C=C\CC(=CC/C(C#N)=C/OC(C)C)c1ncc(-c2cccc3c2CCC3)s1. The zero-order valence-corrected chi connectivity index (χ0v) is 18.3. The van der Waals surface area contributed by atoms with E-state index in [0.29, 0.717) is 12.0 Å². The monoisotopic (exact) mass is 404 g/mol. The van der Waals surface area contributed by atoms with E-state index in [1.54, 1.807) is 17.6 Å². The molecule has 0 fully saturated rings. The minimum absolute atomic E-state index is 0.0685. The molecular formula is C25H28N2OS. The van der Waals surface area contributed by atoms with Crippen molar-refractivity contribution in [3.05, 3.63) is 70.6 Å². The lowest BCUT2D eigenvalue weighted by Gasteiger charge is -2.06. The lowest BCUT2D eigenvalue weighted by atomic mass is 10.0. The van der Waals surface area contributed by atoms with E-state index in [9.17, 15) is 5.26 Å². The van der Waals surface area contributed by atoms with E-state index in [4.69, 9.17) is 9.72 Å². The van der Waals surface area contributed by atoms with E-state index in [1.807, 2.05) is 27.0 Å². The number of nitriles is 1. The van der Waals surface area contributed by atoms with Crippen molar-refractivity contribution in [1.29, 1.82) is 5.26 Å². The van der Waals surface area contributed by atoms with E-state index in [1.165, 1.54) is 34.4 Å². The molecule has 0 atom stereocenters. The second-order valence-corrected chi connectivity index (χ2v) is 8.50. The van der Waals surface area contributed by atoms with E-state index >= 15 is 0 Å². The molecule has 29 heavy (non-hydrogen) atoms. The highest BCUT2D eigenvalue weighted by atomic mass is 32.1. The molecule has 1 aromatic heterocycles. The van der Waals surface area contributed by atoms with Crippen molar-refractivity contribution >= 4 is 16.9 Å². The van der Waals surface area contributed by atoms with Crippen molar-refractivity contribution in [3.63, 3.8) is 0 Å². The molecule has 0 spiro atoms. The molecule has 2 aromatic rings. The van der Waals surface area contributed by atoms with Crippen molar-refractivity contribution in [2.75, 3.05) is 0 Å². The Kier molecular flexibility index (Phi) is 7.43. The number of aromatic nitrogens is 1. The van der Waals surface area contributed by atoms with Crippen LogP contribution in [0.1, 0.15) is 56.2 Å². The summed E-state index contributed by atoms with van der Waals surface area (Å²) in [6.45, 7) is 5.93. The topological polar surface area (TPSA) is 45.9 Å². The van der Waals surface area contributed by atoms with Gasteiger partial charge in [-0.15, -0.1) is 11.3 Å². The highest BCUT2D eigenvalue weighted by Crippen LogP contribution is 2.37. The minimum atomic E-state index is 0.0685. The molecule has 0 saturated heterocycles. The van der Waals surface area contributed by atoms with Gasteiger partial charge in [-0.05, 0) is 68.7 Å². The Balaban J connectivity index is 1.86. The van der Waals surface area contributed by atoms with Gasteiger partial charge in [0.05, 0.1) is 28.9 Å². The fraction of sp³-hybridized carbons (Fsp3) is 0.360. The summed E-state index contributed by atoms with van der Waals surface area (Å²) in [5.74, 6) is 0. The summed E-state index contributed by atoms with van der Waals surface area (Å²) in [6, 6.07) is 8.87. The first-order chi connectivity index (χ1) is 14.1. The molecule has 0 saturated carbocycles. The van der Waals surface area contributed by atoms with E-state index in [2.05, 4.69) is 42.5 Å². The summed E-state index contributed by atoms with van der Waals surface area (Å²) in [4.78, 5) is 5.96. The van der Waals surface area contributed by atoms with Gasteiger partial charge >= 0.3 is 0 Å². The maximum Gasteiger partial charge on any atom is 0.119 e. The van der Waals surface area contributed by atoms with Gasteiger partial charge in [0, 0.05) is 12.6 Å². The van der Waals surface area contributed by atoms with Crippen LogP contribution in [0.2, 0.25) is 0 Å². The number of nitrogens with zero attached hydrogens (tertiary/aromatic N) is 2. The molecule has 150 valence electrons. The average molecular weight is 405 g/mol. The number of ether oxygens (including phenoxy) is 1. The van der Waals surface area contributed by atoms with Crippen molar-refractivity contribution < 1.29 is 4.74 Å². The lowest BCUT2D eigenvalue weighted by molar-refractivity contribution is 0.177. The van der Waals surface area contributed by atoms with Crippen LogP contribution in [0.25, 0.3) is 16.0 Å². The highest BCUT2D eigenvalue weighted by molar-refractivity contribution is 7.16. The summed E-state index contributed by atoms with van der Waals surface area (Å²) >= 11 is 1.74. The molecule has 3 nitrogen and oxygen atoms in total. The van der Waals surface area contributed by atoms with Gasteiger partial charge in [0.2, 0.25) is 0 Å². The molecule has 1 aliphatic rings. The molecular weight excluding hydrogens is 376 g/mol. The zero-order chi connectivity index (χ0) is 20.6. The third kappa shape index (κ3) is 5.46. The fourth-order valence-corrected chi connectivity index (χ4v) is 4.49. The predicted octanol–water partition coefficient (Wildman–Crippen LogP) is 6.87. The van der Waals surface area contributed by atoms with Crippen LogP contribution in [-0.2, 0) is 17.6 Å². The minimum Gasteiger partial charge on any atom is -0.498 e. The number of aryl methyl sites for hydroxylation is 1. The maximum atomic E-state index is 9.39. The first-order valence-corrected chi connectivity index (χ1v) is 11.1. The average Bonchev–Trinajstić information content (AvgIpc) is 3.39. The second-order valence-electron chi connectivity index (χ2n) is 7.47. The van der Waals surface area contributed by atoms with Gasteiger partial charge in [0.15, 0.2) is 0 Å². The smallest absolute Gasteiger partial charge is 0.119 e. The van der Waals surface area contributed by atoms with Gasteiger partial charge in [0.25, 0.3) is 0 Å². The van der Waals surface area contributed by atoms with Gasteiger partial charge < -0.3 is 4.74 Å².